The summed E-state index contributed by atoms with van der Waals surface area (Å²) in [5.41, 5.74) is 1.38. The molecular weight excluding hydrogens is 497 g/mol. The normalized spacial score (nSPS) is 11.1. The van der Waals surface area contributed by atoms with Gasteiger partial charge in [-0.15, -0.1) is 12.4 Å². The molecule has 0 spiro atoms. The van der Waals surface area contributed by atoms with E-state index in [0.717, 1.165) is 30.6 Å². The van der Waals surface area contributed by atoms with Crippen LogP contribution in [0.3, 0.4) is 0 Å². The van der Waals surface area contributed by atoms with Crippen molar-refractivity contribution in [1.29, 1.82) is 0 Å². The highest BCUT2D eigenvalue weighted by molar-refractivity contribution is 6.37. The summed E-state index contributed by atoms with van der Waals surface area (Å²) >= 11 is 12.8. The largest absolute Gasteiger partial charge is 0.494 e. The monoisotopic (exact) mass is 529 g/mol. The second kappa shape index (κ2) is 15.0. The quantitative estimate of drug-likeness (QED) is 0.145. The summed E-state index contributed by atoms with van der Waals surface area (Å²) in [5, 5.41) is 4.17. The van der Waals surface area contributed by atoms with E-state index < -0.39 is 0 Å². The summed E-state index contributed by atoms with van der Waals surface area (Å²) in [5.74, 6) is 6.26. The molecule has 0 aliphatic heterocycles. The Kier molecular flexibility index (Phi) is 13.2. The molecule has 1 amide bonds. The number of ether oxygens (including phenoxy) is 2. The maximum Gasteiger partial charge on any atom is 0.254 e. The van der Waals surface area contributed by atoms with E-state index in [1.807, 2.05) is 52.0 Å². The van der Waals surface area contributed by atoms with Crippen LogP contribution in [0.15, 0.2) is 41.5 Å². The van der Waals surface area contributed by atoms with Gasteiger partial charge in [-0.3, -0.25) is 4.79 Å². The second-order valence-corrected chi connectivity index (χ2v) is 9.09. The van der Waals surface area contributed by atoms with Crippen molar-refractivity contribution >= 4 is 47.7 Å². The number of rotatable bonds is 12. The average Bonchev–Trinajstić information content (AvgIpc) is 2.75. The number of carbonyl (C=O) groups is 1. The number of nitrogens with two attached hydrogens (primary N) is 1. The summed E-state index contributed by atoms with van der Waals surface area (Å²) in [6.45, 7) is 9.03. The van der Waals surface area contributed by atoms with Gasteiger partial charge in [-0.1, -0.05) is 23.2 Å². The van der Waals surface area contributed by atoms with Gasteiger partial charge in [0.1, 0.15) is 5.75 Å². The molecule has 6 nitrogen and oxygen atoms in total. The number of hydrazone groups is 1. The molecule has 34 heavy (non-hydrogen) atoms. The number of carbonyl (C=O) groups excluding carboxylic acids is 1. The predicted octanol–water partition coefficient (Wildman–Crippen LogP) is 6.59. The third kappa shape index (κ3) is 8.90. The Morgan fingerprint density at radius 1 is 0.971 bits per heavy atom. The van der Waals surface area contributed by atoms with Crippen LogP contribution in [-0.4, -0.2) is 42.3 Å². The van der Waals surface area contributed by atoms with Crippen molar-refractivity contribution in [2.75, 3.05) is 13.2 Å². The third-order valence-electron chi connectivity index (χ3n) is 5.00. The first-order chi connectivity index (χ1) is 15.7. The summed E-state index contributed by atoms with van der Waals surface area (Å²) in [4.78, 5) is 14.7. The van der Waals surface area contributed by atoms with Crippen molar-refractivity contribution < 1.29 is 14.3 Å². The highest BCUT2D eigenvalue weighted by Gasteiger charge is 2.23. The Morgan fingerprint density at radius 3 is 2.00 bits per heavy atom. The number of benzene rings is 2. The van der Waals surface area contributed by atoms with Gasteiger partial charge in [0.2, 0.25) is 0 Å². The third-order valence-corrected chi connectivity index (χ3v) is 5.56. The minimum Gasteiger partial charge on any atom is -0.494 e. The molecule has 0 unspecified atom stereocenters. The molecule has 9 heteroatoms. The van der Waals surface area contributed by atoms with Gasteiger partial charge >= 0.3 is 0 Å². The SMILES string of the molecule is CC(C)N(C(=O)c1cc(Cl)c(OCCCCCOc2ccc(C=NN)cc2)c(Cl)c1)C(C)C.Cl. The van der Waals surface area contributed by atoms with Crippen LogP contribution in [0, 0.1) is 0 Å². The highest BCUT2D eigenvalue weighted by Crippen LogP contribution is 2.35. The Balaban J connectivity index is 0.00000578. The van der Waals surface area contributed by atoms with E-state index in [4.69, 9.17) is 38.5 Å². The number of halogens is 3. The first-order valence-electron chi connectivity index (χ1n) is 11.1. The molecule has 0 saturated carbocycles. The average molecular weight is 531 g/mol. The van der Waals surface area contributed by atoms with Gasteiger partial charge in [0.15, 0.2) is 5.75 Å². The summed E-state index contributed by atoms with van der Waals surface area (Å²) in [7, 11) is 0. The van der Waals surface area contributed by atoms with Crippen molar-refractivity contribution in [3.63, 3.8) is 0 Å². The molecular formula is C25H34Cl3N3O3. The molecule has 2 aromatic carbocycles. The van der Waals surface area contributed by atoms with Crippen LogP contribution in [0.4, 0.5) is 0 Å². The highest BCUT2D eigenvalue weighted by atomic mass is 35.5. The molecule has 0 radical (unpaired) electrons. The molecule has 0 aliphatic carbocycles. The van der Waals surface area contributed by atoms with Gasteiger partial charge in [-0.2, -0.15) is 5.10 Å². The van der Waals surface area contributed by atoms with E-state index in [9.17, 15) is 4.79 Å². The molecule has 0 aliphatic rings. The lowest BCUT2D eigenvalue weighted by Gasteiger charge is -2.31. The molecule has 0 saturated heterocycles. The smallest absolute Gasteiger partial charge is 0.254 e. The zero-order valence-electron chi connectivity index (χ0n) is 20.1. The minimum atomic E-state index is -0.0995. The molecule has 0 heterocycles. The summed E-state index contributed by atoms with van der Waals surface area (Å²) in [6.07, 6.45) is 4.24. The van der Waals surface area contributed by atoms with Crippen LogP contribution in [0.25, 0.3) is 0 Å². The second-order valence-electron chi connectivity index (χ2n) is 8.27. The van der Waals surface area contributed by atoms with Crippen LogP contribution in [-0.2, 0) is 0 Å². The van der Waals surface area contributed by atoms with E-state index in [-0.39, 0.29) is 30.4 Å². The van der Waals surface area contributed by atoms with Crippen LogP contribution in [0.5, 0.6) is 11.5 Å². The van der Waals surface area contributed by atoms with Gasteiger partial charge < -0.3 is 20.2 Å². The zero-order valence-corrected chi connectivity index (χ0v) is 22.4. The lowest BCUT2D eigenvalue weighted by atomic mass is 10.1. The number of unbranched alkanes of at least 4 members (excludes halogenated alkanes) is 2. The van der Waals surface area contributed by atoms with Crippen LogP contribution < -0.4 is 15.3 Å². The van der Waals surface area contributed by atoms with Gasteiger partial charge in [0.25, 0.3) is 5.91 Å². The van der Waals surface area contributed by atoms with Crippen molar-refractivity contribution in [3.8, 4) is 11.5 Å². The molecule has 2 rings (SSSR count). The first-order valence-corrected chi connectivity index (χ1v) is 11.9. The van der Waals surface area contributed by atoms with Crippen molar-refractivity contribution in [1.82, 2.24) is 4.90 Å². The van der Waals surface area contributed by atoms with Gasteiger partial charge in [0, 0.05) is 17.6 Å². The van der Waals surface area contributed by atoms with Gasteiger partial charge in [-0.05, 0) is 88.9 Å². The number of hydrogen-bond acceptors (Lipinski definition) is 5. The maximum absolute atomic E-state index is 12.9. The number of amides is 1. The Morgan fingerprint density at radius 2 is 1.50 bits per heavy atom. The van der Waals surface area contributed by atoms with E-state index >= 15 is 0 Å². The van der Waals surface area contributed by atoms with Crippen LogP contribution in [0.1, 0.15) is 62.9 Å². The zero-order chi connectivity index (χ0) is 24.4. The summed E-state index contributed by atoms with van der Waals surface area (Å²) < 4.78 is 11.5. The topological polar surface area (TPSA) is 77.2 Å². The predicted molar refractivity (Wildman–Crippen MR) is 143 cm³/mol. The lowest BCUT2D eigenvalue weighted by Crippen LogP contribution is -2.42. The fourth-order valence-electron chi connectivity index (χ4n) is 3.52. The molecule has 2 N–H and O–H groups in total. The van der Waals surface area contributed by atoms with Crippen LogP contribution >= 0.6 is 35.6 Å². The number of hydrogen-bond donors (Lipinski definition) is 1. The van der Waals surface area contributed by atoms with Gasteiger partial charge in [0.05, 0.1) is 29.5 Å². The Labute approximate surface area is 218 Å². The van der Waals surface area contributed by atoms with Crippen LogP contribution in [0.2, 0.25) is 10.0 Å². The standard InChI is InChI=1S/C25H33Cl2N3O3.ClH/c1-17(2)30(18(3)4)25(31)20-14-22(26)24(23(27)15-20)33-13-7-5-6-12-32-21-10-8-19(9-11-21)16-29-28;/h8-11,14-18H,5-7,12-13,28H2,1-4H3;1H. The molecule has 0 bridgehead atoms. The fourth-order valence-corrected chi connectivity index (χ4v) is 4.11. The molecule has 0 atom stereocenters. The Hall–Kier alpha value is -2.15. The first kappa shape index (κ1) is 29.9. The van der Waals surface area contributed by atoms with Gasteiger partial charge in [-0.25, -0.2) is 0 Å². The van der Waals surface area contributed by atoms with E-state index in [2.05, 4.69) is 5.10 Å². The van der Waals surface area contributed by atoms with Crippen molar-refractivity contribution in [2.24, 2.45) is 10.9 Å². The van der Waals surface area contributed by atoms with Crippen molar-refractivity contribution in [2.45, 2.75) is 59.0 Å². The molecule has 2 aromatic rings. The molecule has 0 fully saturated rings. The lowest BCUT2D eigenvalue weighted by molar-refractivity contribution is 0.0643. The maximum atomic E-state index is 12.9. The minimum absolute atomic E-state index is 0. The van der Waals surface area contributed by atoms with Crippen molar-refractivity contribution in [3.05, 3.63) is 57.6 Å². The number of nitrogens with zero attached hydrogens (tertiary/aromatic N) is 2. The van der Waals surface area contributed by atoms with E-state index in [1.54, 1.807) is 23.2 Å². The fraction of sp³-hybridized carbons (Fsp3) is 0.440. The van der Waals surface area contributed by atoms with E-state index in [1.165, 1.54) is 0 Å². The molecule has 0 aromatic heterocycles. The Bertz CT molecular complexity index is 904. The molecule has 188 valence electrons. The summed E-state index contributed by atoms with van der Waals surface area (Å²) in [6, 6.07) is 11.0. The van der Waals surface area contributed by atoms with E-state index in [0.29, 0.717) is 34.6 Å².